The van der Waals surface area contributed by atoms with Crippen LogP contribution < -0.4 is 10.2 Å². The molecule has 2 saturated heterocycles. The summed E-state index contributed by atoms with van der Waals surface area (Å²) in [5, 5.41) is 4.15. The lowest BCUT2D eigenvalue weighted by Gasteiger charge is -2.28. The molecule has 5 heteroatoms. The van der Waals surface area contributed by atoms with Crippen molar-refractivity contribution >= 4 is 17.4 Å². The molecule has 4 nitrogen and oxygen atoms in total. The fourth-order valence-corrected chi connectivity index (χ4v) is 3.52. The summed E-state index contributed by atoms with van der Waals surface area (Å²) < 4.78 is 0. The van der Waals surface area contributed by atoms with Gasteiger partial charge in [0.25, 0.3) is 0 Å². The van der Waals surface area contributed by atoms with Gasteiger partial charge in [0.05, 0.1) is 6.20 Å². The van der Waals surface area contributed by atoms with E-state index in [1.54, 1.807) is 12.5 Å². The highest BCUT2D eigenvalue weighted by molar-refractivity contribution is 6.32. The molecule has 3 heterocycles. The van der Waals surface area contributed by atoms with Gasteiger partial charge in [-0.2, -0.15) is 0 Å². The van der Waals surface area contributed by atoms with E-state index in [2.05, 4.69) is 27.1 Å². The molecule has 0 amide bonds. The molecule has 3 rings (SSSR count). The maximum Gasteiger partial charge on any atom is 0.151 e. The van der Waals surface area contributed by atoms with E-state index >= 15 is 0 Å². The van der Waals surface area contributed by atoms with Crippen molar-refractivity contribution in [2.75, 3.05) is 24.5 Å². The lowest BCUT2D eigenvalue weighted by Crippen LogP contribution is -2.35. The van der Waals surface area contributed by atoms with Crippen molar-refractivity contribution in [3.63, 3.8) is 0 Å². The van der Waals surface area contributed by atoms with E-state index < -0.39 is 0 Å². The van der Waals surface area contributed by atoms with Crippen molar-refractivity contribution in [3.8, 4) is 0 Å². The largest absolute Gasteiger partial charge is 0.352 e. The van der Waals surface area contributed by atoms with Crippen LogP contribution in [-0.4, -0.2) is 35.6 Å². The zero-order valence-electron chi connectivity index (χ0n) is 9.93. The Morgan fingerprint density at radius 3 is 3.18 bits per heavy atom. The minimum absolute atomic E-state index is 0.558. The van der Waals surface area contributed by atoms with Crippen LogP contribution in [0.2, 0.25) is 5.02 Å². The molecule has 2 aliphatic heterocycles. The Balaban J connectivity index is 1.91. The second kappa shape index (κ2) is 4.42. The van der Waals surface area contributed by atoms with Crippen molar-refractivity contribution in [1.29, 1.82) is 0 Å². The van der Waals surface area contributed by atoms with E-state index in [-0.39, 0.29) is 0 Å². The van der Waals surface area contributed by atoms with Crippen molar-refractivity contribution in [1.82, 2.24) is 15.3 Å². The van der Waals surface area contributed by atoms with Gasteiger partial charge in [0.15, 0.2) is 5.82 Å². The smallest absolute Gasteiger partial charge is 0.151 e. The first-order chi connectivity index (χ1) is 8.31. The highest BCUT2D eigenvalue weighted by Crippen LogP contribution is 2.38. The van der Waals surface area contributed by atoms with Crippen LogP contribution in [0.15, 0.2) is 12.5 Å². The topological polar surface area (TPSA) is 41.0 Å². The Morgan fingerprint density at radius 1 is 1.53 bits per heavy atom. The molecule has 92 valence electrons. The molecule has 2 aliphatic rings. The maximum atomic E-state index is 6.20. The van der Waals surface area contributed by atoms with Gasteiger partial charge in [0, 0.05) is 25.7 Å². The van der Waals surface area contributed by atoms with Gasteiger partial charge >= 0.3 is 0 Å². The van der Waals surface area contributed by atoms with Gasteiger partial charge in [-0.1, -0.05) is 18.5 Å². The van der Waals surface area contributed by atoms with Crippen molar-refractivity contribution < 1.29 is 0 Å². The molecule has 0 spiro atoms. The maximum absolute atomic E-state index is 6.20. The van der Waals surface area contributed by atoms with E-state index in [4.69, 9.17) is 11.6 Å². The summed E-state index contributed by atoms with van der Waals surface area (Å²) in [4.78, 5) is 10.7. The fourth-order valence-electron chi connectivity index (χ4n) is 3.31. The van der Waals surface area contributed by atoms with E-state index in [0.717, 1.165) is 43.7 Å². The summed E-state index contributed by atoms with van der Waals surface area (Å²) in [6.45, 7) is 5.56. The summed E-state index contributed by atoms with van der Waals surface area (Å²) in [5.41, 5.74) is 0. The highest BCUT2D eigenvalue weighted by atomic mass is 35.5. The molecule has 0 saturated carbocycles. The zero-order valence-corrected chi connectivity index (χ0v) is 10.7. The van der Waals surface area contributed by atoms with Gasteiger partial charge in [-0.3, -0.25) is 0 Å². The minimum atomic E-state index is 0.558. The number of nitrogens with one attached hydrogen (secondary N) is 1. The second-order valence-corrected chi connectivity index (χ2v) is 5.31. The van der Waals surface area contributed by atoms with Gasteiger partial charge in [-0.15, -0.1) is 0 Å². The predicted molar refractivity (Wildman–Crippen MR) is 68.3 cm³/mol. The molecule has 1 aromatic rings. The predicted octanol–water partition coefficient (Wildman–Crippen LogP) is 1.56. The van der Waals surface area contributed by atoms with E-state index in [0.29, 0.717) is 11.1 Å². The second-order valence-electron chi connectivity index (χ2n) is 4.90. The molecule has 3 atom stereocenters. The number of anilines is 1. The van der Waals surface area contributed by atoms with E-state index in [9.17, 15) is 0 Å². The van der Waals surface area contributed by atoms with Crippen LogP contribution in [-0.2, 0) is 0 Å². The molecule has 0 bridgehead atoms. The van der Waals surface area contributed by atoms with Crippen molar-refractivity contribution in [3.05, 3.63) is 17.5 Å². The monoisotopic (exact) mass is 252 g/mol. The first-order valence-electron chi connectivity index (χ1n) is 6.24. The van der Waals surface area contributed by atoms with Crippen LogP contribution in [0.3, 0.4) is 0 Å². The third-order valence-corrected chi connectivity index (χ3v) is 4.32. The number of hydrogen-bond donors (Lipinski definition) is 1. The quantitative estimate of drug-likeness (QED) is 0.868. The highest BCUT2D eigenvalue weighted by Gasteiger charge is 2.44. The summed E-state index contributed by atoms with van der Waals surface area (Å²) >= 11 is 6.20. The third-order valence-electron chi connectivity index (χ3n) is 4.06. The molecule has 1 N–H and O–H groups in total. The lowest BCUT2D eigenvalue weighted by atomic mass is 9.93. The Bertz CT molecular complexity index is 411. The molecule has 2 fully saturated rings. The minimum Gasteiger partial charge on any atom is -0.352 e. The standard InChI is InChI=1S/C12H17ClN4/c1-2-11-9-4-14-3-8(9)6-17(11)12-10(13)5-15-7-16-12/h5,7-9,11,14H,2-4,6H2,1H3. The van der Waals surface area contributed by atoms with Crippen molar-refractivity contribution in [2.45, 2.75) is 19.4 Å². The Morgan fingerprint density at radius 2 is 2.41 bits per heavy atom. The van der Waals surface area contributed by atoms with Crippen LogP contribution in [0.5, 0.6) is 0 Å². The Kier molecular flexibility index (Phi) is 2.92. The van der Waals surface area contributed by atoms with Gasteiger partial charge in [0.1, 0.15) is 11.3 Å². The lowest BCUT2D eigenvalue weighted by molar-refractivity contribution is 0.441. The number of fused-ring (bicyclic) bond motifs is 1. The Labute approximate surface area is 106 Å². The molecule has 1 aromatic heterocycles. The van der Waals surface area contributed by atoms with Crippen LogP contribution in [0.4, 0.5) is 5.82 Å². The molecular formula is C12H17ClN4. The molecular weight excluding hydrogens is 236 g/mol. The van der Waals surface area contributed by atoms with Gasteiger partial charge in [-0.05, 0) is 18.3 Å². The molecule has 17 heavy (non-hydrogen) atoms. The summed E-state index contributed by atoms with van der Waals surface area (Å²) in [7, 11) is 0. The summed E-state index contributed by atoms with van der Waals surface area (Å²) in [5.74, 6) is 2.39. The van der Waals surface area contributed by atoms with E-state index in [1.807, 2.05) is 0 Å². The number of rotatable bonds is 2. The summed E-state index contributed by atoms with van der Waals surface area (Å²) in [6.07, 6.45) is 4.41. The van der Waals surface area contributed by atoms with Crippen LogP contribution >= 0.6 is 11.6 Å². The van der Waals surface area contributed by atoms with Crippen LogP contribution in [0, 0.1) is 11.8 Å². The number of aromatic nitrogens is 2. The average Bonchev–Trinajstić information content (AvgIpc) is 2.89. The number of halogens is 1. The van der Waals surface area contributed by atoms with E-state index in [1.165, 1.54) is 0 Å². The molecule has 0 aliphatic carbocycles. The summed E-state index contributed by atoms with van der Waals surface area (Å²) in [6, 6.07) is 0.558. The molecule has 0 aromatic carbocycles. The Hall–Kier alpha value is -0.870. The van der Waals surface area contributed by atoms with Crippen LogP contribution in [0.25, 0.3) is 0 Å². The van der Waals surface area contributed by atoms with Gasteiger partial charge in [-0.25, -0.2) is 9.97 Å². The van der Waals surface area contributed by atoms with Crippen molar-refractivity contribution in [2.24, 2.45) is 11.8 Å². The fraction of sp³-hybridized carbons (Fsp3) is 0.667. The number of nitrogens with zero attached hydrogens (tertiary/aromatic N) is 3. The SMILES string of the molecule is CCC1C2CNCC2CN1c1ncncc1Cl. The molecule has 0 radical (unpaired) electrons. The van der Waals surface area contributed by atoms with Gasteiger partial charge in [0.2, 0.25) is 0 Å². The first-order valence-corrected chi connectivity index (χ1v) is 6.62. The van der Waals surface area contributed by atoms with Crippen LogP contribution in [0.1, 0.15) is 13.3 Å². The average molecular weight is 253 g/mol. The normalized spacial score (nSPS) is 31.9. The first kappa shape index (κ1) is 11.2. The molecule has 3 unspecified atom stereocenters. The third kappa shape index (κ3) is 1.79. The number of hydrogen-bond acceptors (Lipinski definition) is 4. The van der Waals surface area contributed by atoms with Gasteiger partial charge < -0.3 is 10.2 Å². The zero-order chi connectivity index (χ0) is 11.8.